The van der Waals surface area contributed by atoms with Crippen molar-refractivity contribution in [3.8, 4) is 11.5 Å². The lowest BCUT2D eigenvalue weighted by atomic mass is 10.1. The maximum atomic E-state index is 13.8. The van der Waals surface area contributed by atoms with Crippen LogP contribution in [0.3, 0.4) is 0 Å². The molecular formula is C21H14F4N4O3S. The Kier molecular flexibility index (Phi) is 5.85. The molecule has 2 aromatic carbocycles. The van der Waals surface area contributed by atoms with E-state index in [-0.39, 0.29) is 28.6 Å². The second kappa shape index (κ2) is 8.62. The Bertz CT molecular complexity index is 1360. The van der Waals surface area contributed by atoms with Gasteiger partial charge in [0.05, 0.1) is 12.2 Å². The van der Waals surface area contributed by atoms with Crippen LogP contribution in [0.2, 0.25) is 0 Å². The van der Waals surface area contributed by atoms with E-state index in [2.05, 4.69) is 19.6 Å². The van der Waals surface area contributed by atoms with E-state index in [4.69, 9.17) is 0 Å². The topological polar surface area (TPSA) is 89.2 Å². The molecule has 0 unspecified atom stereocenters. The maximum Gasteiger partial charge on any atom is 0.470 e. The molecule has 2 aromatic heterocycles. The van der Waals surface area contributed by atoms with Crippen molar-refractivity contribution >= 4 is 15.7 Å². The highest BCUT2D eigenvalue weighted by molar-refractivity contribution is 7.92. The summed E-state index contributed by atoms with van der Waals surface area (Å²) in [4.78, 5) is 3.75. The fourth-order valence-corrected chi connectivity index (χ4v) is 4.36. The average Bonchev–Trinajstić information content (AvgIpc) is 3.29. The minimum atomic E-state index is -4.77. The first-order valence-electron chi connectivity index (χ1n) is 9.33. The van der Waals surface area contributed by atoms with Gasteiger partial charge in [0.25, 0.3) is 10.0 Å². The van der Waals surface area contributed by atoms with Gasteiger partial charge < -0.3 is 4.42 Å². The molecule has 0 spiro atoms. The molecule has 170 valence electrons. The third-order valence-electron chi connectivity index (χ3n) is 4.51. The molecule has 0 saturated heterocycles. The summed E-state index contributed by atoms with van der Waals surface area (Å²) in [6, 6.07) is 13.8. The van der Waals surface area contributed by atoms with Crippen molar-refractivity contribution in [1.29, 1.82) is 0 Å². The third kappa shape index (κ3) is 4.85. The molecule has 0 N–H and O–H groups in total. The summed E-state index contributed by atoms with van der Waals surface area (Å²) in [5.41, 5.74) is 0.787. The minimum Gasteiger partial charge on any atom is -0.413 e. The Hall–Kier alpha value is -3.80. The standard InChI is InChI=1S/C21H14F4N4O3S/c22-16-3-1-4-17(11-16)29(33(30,31)18-5-2-10-26-12-18)13-14-6-8-15(9-7-14)19-27-28-20(32-19)21(23,24)25/h1-12H,13H2. The SMILES string of the molecule is O=S(=O)(c1cccnc1)N(Cc1ccc(-c2nnc(C(F)(F)F)o2)cc1)c1cccc(F)c1. The molecule has 0 bridgehead atoms. The minimum absolute atomic E-state index is 0.0866. The normalized spacial score (nSPS) is 12.0. The Balaban J connectivity index is 1.66. The van der Waals surface area contributed by atoms with Gasteiger partial charge in [0.1, 0.15) is 10.7 Å². The van der Waals surface area contributed by atoms with Crippen molar-refractivity contribution in [3.05, 3.63) is 90.3 Å². The monoisotopic (exact) mass is 478 g/mol. The highest BCUT2D eigenvalue weighted by Crippen LogP contribution is 2.31. The number of alkyl halides is 3. The Labute approximate surface area is 185 Å². The molecule has 33 heavy (non-hydrogen) atoms. The van der Waals surface area contributed by atoms with Crippen LogP contribution in [0.1, 0.15) is 11.5 Å². The van der Waals surface area contributed by atoms with E-state index in [9.17, 15) is 26.0 Å². The molecule has 0 aliphatic heterocycles. The van der Waals surface area contributed by atoms with Gasteiger partial charge in [0.15, 0.2) is 0 Å². The van der Waals surface area contributed by atoms with Crippen molar-refractivity contribution in [2.24, 2.45) is 0 Å². The summed E-state index contributed by atoms with van der Waals surface area (Å²) in [7, 11) is -4.11. The van der Waals surface area contributed by atoms with Gasteiger partial charge in [-0.2, -0.15) is 13.2 Å². The number of nitrogens with zero attached hydrogens (tertiary/aromatic N) is 4. The summed E-state index contributed by atoms with van der Waals surface area (Å²) in [6.07, 6.45) is -2.16. The molecule has 0 saturated carbocycles. The van der Waals surface area contributed by atoms with Gasteiger partial charge in [-0.15, -0.1) is 10.2 Å². The molecular weight excluding hydrogens is 464 g/mol. The van der Waals surface area contributed by atoms with Gasteiger partial charge >= 0.3 is 12.1 Å². The number of halogens is 4. The van der Waals surface area contributed by atoms with Crippen LogP contribution in [0.5, 0.6) is 0 Å². The van der Waals surface area contributed by atoms with Crippen molar-refractivity contribution in [2.45, 2.75) is 17.6 Å². The van der Waals surface area contributed by atoms with Crippen LogP contribution >= 0.6 is 0 Å². The smallest absolute Gasteiger partial charge is 0.413 e. The van der Waals surface area contributed by atoms with Crippen LogP contribution in [0.4, 0.5) is 23.2 Å². The zero-order valence-electron chi connectivity index (χ0n) is 16.6. The summed E-state index contributed by atoms with van der Waals surface area (Å²) >= 11 is 0. The number of pyridine rings is 1. The quantitative estimate of drug-likeness (QED) is 0.374. The second-order valence-corrected chi connectivity index (χ2v) is 8.65. The lowest BCUT2D eigenvalue weighted by Gasteiger charge is -2.24. The summed E-state index contributed by atoms with van der Waals surface area (Å²) in [5, 5.41) is 6.37. The largest absolute Gasteiger partial charge is 0.470 e. The lowest BCUT2D eigenvalue weighted by Crippen LogP contribution is -2.30. The number of aromatic nitrogens is 3. The number of anilines is 1. The molecule has 4 aromatic rings. The highest BCUT2D eigenvalue weighted by Gasteiger charge is 2.38. The van der Waals surface area contributed by atoms with Crippen molar-refractivity contribution in [3.63, 3.8) is 0 Å². The van der Waals surface area contributed by atoms with E-state index < -0.39 is 27.9 Å². The van der Waals surface area contributed by atoms with Gasteiger partial charge in [-0.25, -0.2) is 12.8 Å². The first kappa shape index (κ1) is 22.4. The number of rotatable bonds is 6. The van der Waals surface area contributed by atoms with Gasteiger partial charge in [-0.05, 0) is 48.0 Å². The van der Waals surface area contributed by atoms with E-state index in [1.807, 2.05) is 0 Å². The fraction of sp³-hybridized carbons (Fsp3) is 0.0952. The number of sulfonamides is 1. The average molecular weight is 478 g/mol. The summed E-state index contributed by atoms with van der Waals surface area (Å²) in [6.45, 7) is -0.182. The highest BCUT2D eigenvalue weighted by atomic mass is 32.2. The zero-order valence-corrected chi connectivity index (χ0v) is 17.4. The molecule has 0 atom stereocenters. The molecule has 0 fully saturated rings. The maximum absolute atomic E-state index is 13.8. The molecule has 4 rings (SSSR count). The van der Waals surface area contributed by atoms with E-state index in [0.29, 0.717) is 5.56 Å². The Morgan fingerprint density at radius 3 is 2.33 bits per heavy atom. The van der Waals surface area contributed by atoms with E-state index in [1.54, 1.807) is 0 Å². The molecule has 0 aliphatic carbocycles. The van der Waals surface area contributed by atoms with Crippen LogP contribution in [0, 0.1) is 5.82 Å². The van der Waals surface area contributed by atoms with Crippen LogP contribution in [0.25, 0.3) is 11.5 Å². The molecule has 2 heterocycles. The number of hydrogen-bond donors (Lipinski definition) is 0. The van der Waals surface area contributed by atoms with Crippen LogP contribution in [0.15, 0.2) is 82.4 Å². The molecule has 0 radical (unpaired) electrons. The van der Waals surface area contributed by atoms with Gasteiger partial charge in [0, 0.05) is 18.0 Å². The van der Waals surface area contributed by atoms with Crippen LogP contribution in [-0.2, 0) is 22.7 Å². The zero-order chi connectivity index (χ0) is 23.6. The number of hydrogen-bond acceptors (Lipinski definition) is 6. The van der Waals surface area contributed by atoms with Gasteiger partial charge in [0.2, 0.25) is 5.89 Å². The molecule has 0 aliphatic rings. The number of benzene rings is 2. The second-order valence-electron chi connectivity index (χ2n) is 6.79. The van der Waals surface area contributed by atoms with Crippen LogP contribution in [-0.4, -0.2) is 23.6 Å². The molecule has 0 amide bonds. The first-order valence-corrected chi connectivity index (χ1v) is 10.8. The summed E-state index contributed by atoms with van der Waals surface area (Å²) in [5.74, 6) is -2.42. The van der Waals surface area contributed by atoms with Crippen LogP contribution < -0.4 is 4.31 Å². The fourth-order valence-electron chi connectivity index (χ4n) is 2.95. The van der Waals surface area contributed by atoms with E-state index in [1.165, 1.54) is 67.0 Å². The van der Waals surface area contributed by atoms with Crippen molar-refractivity contribution < 1.29 is 30.4 Å². The van der Waals surface area contributed by atoms with Crippen molar-refractivity contribution in [2.75, 3.05) is 4.31 Å². The predicted molar refractivity (Wildman–Crippen MR) is 109 cm³/mol. The van der Waals surface area contributed by atoms with E-state index in [0.717, 1.165) is 10.4 Å². The Morgan fingerprint density at radius 1 is 0.970 bits per heavy atom. The predicted octanol–water partition coefficient (Wildman–Crippen LogP) is 4.69. The molecule has 12 heteroatoms. The van der Waals surface area contributed by atoms with Gasteiger partial charge in [-0.1, -0.05) is 18.2 Å². The lowest BCUT2D eigenvalue weighted by molar-refractivity contribution is -0.156. The van der Waals surface area contributed by atoms with E-state index >= 15 is 0 Å². The first-order chi connectivity index (χ1) is 15.6. The summed E-state index contributed by atoms with van der Waals surface area (Å²) < 4.78 is 84.0. The van der Waals surface area contributed by atoms with Gasteiger partial charge in [-0.3, -0.25) is 9.29 Å². The Morgan fingerprint density at radius 2 is 1.73 bits per heavy atom. The molecule has 7 nitrogen and oxygen atoms in total. The van der Waals surface area contributed by atoms with Crippen molar-refractivity contribution in [1.82, 2.24) is 15.2 Å². The third-order valence-corrected chi connectivity index (χ3v) is 6.27.